The highest BCUT2D eigenvalue weighted by molar-refractivity contribution is 6.32. The number of carbonyl (C=O) groups is 2. The van der Waals surface area contributed by atoms with Gasteiger partial charge in [0.05, 0.1) is 29.4 Å². The number of benzene rings is 3. The first kappa shape index (κ1) is 29.2. The number of nitrogens with one attached hydrogen (secondary N) is 2. The number of anilines is 3. The average molecular weight is 594 g/mol. The molecule has 2 heterocycles. The smallest absolute Gasteiger partial charge is 0.288 e. The van der Waals surface area contributed by atoms with E-state index >= 15 is 0 Å². The number of nitro benzene ring substituents is 1. The maximum absolute atomic E-state index is 13.5. The minimum Gasteiger partial charge on any atom is -0.495 e. The number of rotatable bonds is 9. The van der Waals surface area contributed by atoms with E-state index in [0.717, 1.165) is 49.1 Å². The zero-order valence-corrected chi connectivity index (χ0v) is 23.9. The molecule has 2 aliphatic heterocycles. The van der Waals surface area contributed by atoms with E-state index in [9.17, 15) is 19.7 Å². The zero-order valence-electron chi connectivity index (χ0n) is 23.2. The van der Waals surface area contributed by atoms with Crippen molar-refractivity contribution in [3.63, 3.8) is 0 Å². The Morgan fingerprint density at radius 2 is 1.76 bits per heavy atom. The van der Waals surface area contributed by atoms with Crippen LogP contribution in [0.3, 0.4) is 0 Å². The first-order chi connectivity index (χ1) is 20.3. The highest BCUT2D eigenvalue weighted by Gasteiger charge is 2.25. The van der Waals surface area contributed by atoms with Gasteiger partial charge >= 0.3 is 0 Å². The fourth-order valence-electron chi connectivity index (χ4n) is 5.25. The molecule has 42 heavy (non-hydrogen) atoms. The molecule has 2 fully saturated rings. The average Bonchev–Trinajstić information content (AvgIpc) is 3.54. The van der Waals surface area contributed by atoms with Crippen LogP contribution in [0, 0.1) is 10.1 Å². The molecule has 0 spiro atoms. The Hall–Kier alpha value is -4.35. The van der Waals surface area contributed by atoms with Crippen molar-refractivity contribution < 1.29 is 24.0 Å². The minimum absolute atomic E-state index is 0.0228. The van der Waals surface area contributed by atoms with E-state index in [1.54, 1.807) is 19.2 Å². The minimum atomic E-state index is -0.641. The molecule has 3 aromatic carbocycles. The molecule has 0 aromatic heterocycles. The Kier molecular flexibility index (Phi) is 9.09. The zero-order chi connectivity index (χ0) is 29.6. The molecule has 12 heteroatoms. The van der Waals surface area contributed by atoms with Gasteiger partial charge in [0.1, 0.15) is 10.8 Å². The lowest BCUT2D eigenvalue weighted by molar-refractivity contribution is -0.384. The Labute approximate surface area is 248 Å². The Morgan fingerprint density at radius 3 is 2.45 bits per heavy atom. The van der Waals surface area contributed by atoms with Crippen molar-refractivity contribution in [2.24, 2.45) is 0 Å². The number of nitro groups is 1. The molecule has 5 rings (SSSR count). The van der Waals surface area contributed by atoms with Crippen molar-refractivity contribution in [1.82, 2.24) is 5.32 Å². The van der Waals surface area contributed by atoms with Gasteiger partial charge in [0.15, 0.2) is 0 Å². The van der Waals surface area contributed by atoms with Gasteiger partial charge in [-0.3, -0.25) is 19.7 Å². The predicted molar refractivity (Wildman–Crippen MR) is 161 cm³/mol. The molecule has 2 aliphatic rings. The largest absolute Gasteiger partial charge is 0.495 e. The molecular formula is C30H32ClN5O6. The third-order valence-corrected chi connectivity index (χ3v) is 7.78. The summed E-state index contributed by atoms with van der Waals surface area (Å²) in [6.45, 7) is 3.88. The van der Waals surface area contributed by atoms with Gasteiger partial charge in [-0.25, -0.2) is 0 Å². The summed E-state index contributed by atoms with van der Waals surface area (Å²) in [6, 6.07) is 16.9. The normalized spacial score (nSPS) is 16.7. The lowest BCUT2D eigenvalue weighted by atomic mass is 10.1. The van der Waals surface area contributed by atoms with Crippen molar-refractivity contribution >= 4 is 46.2 Å². The summed E-state index contributed by atoms with van der Waals surface area (Å²) in [6.07, 6.45) is 1.83. The van der Waals surface area contributed by atoms with Crippen molar-refractivity contribution in [2.45, 2.75) is 18.9 Å². The fourth-order valence-corrected chi connectivity index (χ4v) is 5.44. The molecule has 2 saturated heterocycles. The maximum Gasteiger partial charge on any atom is 0.288 e. The molecule has 2 N–H and O–H groups in total. The van der Waals surface area contributed by atoms with Crippen molar-refractivity contribution in [3.8, 4) is 5.75 Å². The third-order valence-electron chi connectivity index (χ3n) is 7.46. The number of nitrogens with zero attached hydrogens (tertiary/aromatic N) is 3. The number of hydrogen-bond acceptors (Lipinski definition) is 8. The Morgan fingerprint density at radius 1 is 1.02 bits per heavy atom. The summed E-state index contributed by atoms with van der Waals surface area (Å²) in [5, 5.41) is 17.0. The number of halogens is 1. The maximum atomic E-state index is 13.5. The van der Waals surface area contributed by atoms with Crippen molar-refractivity contribution in [1.29, 1.82) is 0 Å². The molecule has 3 aromatic rings. The molecule has 220 valence electrons. The van der Waals surface area contributed by atoms with E-state index in [0.29, 0.717) is 37.5 Å². The number of para-hydroxylation sites is 2. The highest BCUT2D eigenvalue weighted by Crippen LogP contribution is 2.31. The summed E-state index contributed by atoms with van der Waals surface area (Å²) in [7, 11) is 1.66. The van der Waals surface area contributed by atoms with Gasteiger partial charge in [0.25, 0.3) is 17.5 Å². The molecule has 0 bridgehead atoms. The van der Waals surface area contributed by atoms with Gasteiger partial charge in [-0.1, -0.05) is 23.7 Å². The van der Waals surface area contributed by atoms with Gasteiger partial charge in [0.2, 0.25) is 0 Å². The van der Waals surface area contributed by atoms with Crippen LogP contribution in [-0.4, -0.2) is 69.3 Å². The summed E-state index contributed by atoms with van der Waals surface area (Å²) >= 11 is 5.90. The van der Waals surface area contributed by atoms with Gasteiger partial charge in [0, 0.05) is 62.3 Å². The van der Waals surface area contributed by atoms with Crippen LogP contribution in [0.5, 0.6) is 5.75 Å². The molecule has 1 atom stereocenters. The van der Waals surface area contributed by atoms with Crippen LogP contribution in [-0.2, 0) is 4.74 Å². The number of hydrogen-bond donors (Lipinski definition) is 2. The van der Waals surface area contributed by atoms with Gasteiger partial charge in [-0.2, -0.15) is 0 Å². The topological polar surface area (TPSA) is 126 Å². The summed E-state index contributed by atoms with van der Waals surface area (Å²) in [4.78, 5) is 41.5. The number of carbonyl (C=O) groups excluding carboxylic acids is 2. The van der Waals surface area contributed by atoms with E-state index in [1.807, 2.05) is 30.3 Å². The molecular weight excluding hydrogens is 562 g/mol. The summed E-state index contributed by atoms with van der Waals surface area (Å²) in [5.74, 6) is -0.0178. The number of amides is 2. The van der Waals surface area contributed by atoms with Crippen LogP contribution >= 0.6 is 11.6 Å². The predicted octanol–water partition coefficient (Wildman–Crippen LogP) is 4.74. The first-order valence-electron chi connectivity index (χ1n) is 13.8. The Balaban J connectivity index is 1.36. The van der Waals surface area contributed by atoms with E-state index in [1.165, 1.54) is 12.1 Å². The first-order valence-corrected chi connectivity index (χ1v) is 14.1. The van der Waals surface area contributed by atoms with E-state index in [-0.39, 0.29) is 28.3 Å². The van der Waals surface area contributed by atoms with Crippen molar-refractivity contribution in [3.05, 3.63) is 86.9 Å². The summed E-state index contributed by atoms with van der Waals surface area (Å²) < 4.78 is 11.2. The number of methoxy groups -OCH3 is 1. The van der Waals surface area contributed by atoms with Crippen LogP contribution in [0.25, 0.3) is 0 Å². The van der Waals surface area contributed by atoms with Crippen molar-refractivity contribution in [2.75, 3.05) is 61.6 Å². The second kappa shape index (κ2) is 13.1. The number of piperazine rings is 1. The third kappa shape index (κ3) is 6.58. The van der Waals surface area contributed by atoms with Gasteiger partial charge in [-0.05, 0) is 55.3 Å². The van der Waals surface area contributed by atoms with Crippen LogP contribution in [0.2, 0.25) is 5.02 Å². The fraction of sp³-hybridized carbons (Fsp3) is 0.333. The number of ether oxygens (including phenoxy) is 2. The quantitative estimate of drug-likeness (QED) is 0.269. The van der Waals surface area contributed by atoms with E-state index in [4.69, 9.17) is 21.1 Å². The van der Waals surface area contributed by atoms with Crippen LogP contribution in [0.1, 0.15) is 33.6 Å². The molecule has 0 radical (unpaired) electrons. The summed E-state index contributed by atoms with van der Waals surface area (Å²) in [5.41, 5.74) is 2.29. The van der Waals surface area contributed by atoms with E-state index < -0.39 is 10.8 Å². The second-order valence-corrected chi connectivity index (χ2v) is 10.5. The van der Waals surface area contributed by atoms with Crippen LogP contribution in [0.15, 0.2) is 60.7 Å². The SMILES string of the molecule is COc1ccccc1N1CCN(c2ccc(NC(=O)c3ccc(Cl)c([N+](=O)[O-])c3)cc2C(=O)NC[C@H]2CCCO2)CC1. The van der Waals surface area contributed by atoms with Crippen LogP contribution < -0.4 is 25.2 Å². The van der Waals surface area contributed by atoms with E-state index in [2.05, 4.69) is 20.4 Å². The molecule has 0 unspecified atom stereocenters. The molecule has 0 aliphatic carbocycles. The molecule has 2 amide bonds. The Bertz CT molecular complexity index is 1470. The lowest BCUT2D eigenvalue weighted by Gasteiger charge is -2.38. The monoisotopic (exact) mass is 593 g/mol. The van der Waals surface area contributed by atoms with Gasteiger partial charge in [-0.15, -0.1) is 0 Å². The van der Waals surface area contributed by atoms with Gasteiger partial charge < -0.3 is 29.9 Å². The molecule has 11 nitrogen and oxygen atoms in total. The standard InChI is InChI=1S/C30H32ClN5O6/c1-41-28-7-3-2-6-26(28)35-14-12-34(13-15-35)25-11-9-21(18-23(25)30(38)32-19-22-5-4-16-42-22)33-29(37)20-8-10-24(31)27(17-20)36(39)40/h2-3,6-11,17-18,22H,4-5,12-16,19H2,1H3,(H,32,38)(H,33,37)/t22-/m1/s1. The van der Waals surface area contributed by atoms with Crippen LogP contribution in [0.4, 0.5) is 22.7 Å². The lowest BCUT2D eigenvalue weighted by Crippen LogP contribution is -2.47. The molecule has 0 saturated carbocycles. The second-order valence-electron chi connectivity index (χ2n) is 10.1. The highest BCUT2D eigenvalue weighted by atomic mass is 35.5.